The van der Waals surface area contributed by atoms with Crippen LogP contribution in [-0.4, -0.2) is 0 Å². The Labute approximate surface area is 97.5 Å². The van der Waals surface area contributed by atoms with E-state index in [0.29, 0.717) is 0 Å². The summed E-state index contributed by atoms with van der Waals surface area (Å²) in [7, 11) is 0. The van der Waals surface area contributed by atoms with Crippen LogP contribution in [0, 0.1) is 18.6 Å². The highest BCUT2D eigenvalue weighted by molar-refractivity contribution is 6.33. The third kappa shape index (κ3) is 1.93. The Bertz CT molecular complexity index is 515. The van der Waals surface area contributed by atoms with Gasteiger partial charge < -0.3 is 0 Å². The minimum Gasteiger partial charge on any atom is -0.206 e. The van der Waals surface area contributed by atoms with Gasteiger partial charge in [0.1, 0.15) is 11.6 Å². The molecule has 16 heavy (non-hydrogen) atoms. The zero-order valence-corrected chi connectivity index (χ0v) is 9.35. The van der Waals surface area contributed by atoms with Gasteiger partial charge in [0, 0.05) is 11.1 Å². The first-order chi connectivity index (χ1) is 7.59. The van der Waals surface area contributed by atoms with Gasteiger partial charge in [-0.2, -0.15) is 0 Å². The van der Waals surface area contributed by atoms with Gasteiger partial charge in [0.2, 0.25) is 0 Å². The maximum absolute atomic E-state index is 13.6. The maximum atomic E-state index is 13.6. The molecule has 0 aliphatic carbocycles. The molecular weight excluding hydrogens is 230 g/mol. The van der Waals surface area contributed by atoms with Crippen molar-refractivity contribution in [3.8, 4) is 11.1 Å². The highest BCUT2D eigenvalue weighted by atomic mass is 35.5. The molecule has 2 aromatic carbocycles. The van der Waals surface area contributed by atoms with Gasteiger partial charge in [0.15, 0.2) is 0 Å². The monoisotopic (exact) mass is 238 g/mol. The molecule has 0 radical (unpaired) electrons. The number of hydrogen-bond acceptors (Lipinski definition) is 0. The summed E-state index contributed by atoms with van der Waals surface area (Å²) in [6.07, 6.45) is 0. The van der Waals surface area contributed by atoms with Crippen molar-refractivity contribution in [2.75, 3.05) is 0 Å². The molecule has 0 heterocycles. The molecule has 0 aromatic heterocycles. The molecule has 0 aliphatic heterocycles. The summed E-state index contributed by atoms with van der Waals surface area (Å²) >= 11 is 5.88. The second-order valence-electron chi connectivity index (χ2n) is 3.58. The third-order valence-electron chi connectivity index (χ3n) is 2.35. The Kier molecular flexibility index (Phi) is 2.92. The van der Waals surface area contributed by atoms with Gasteiger partial charge >= 0.3 is 0 Å². The van der Waals surface area contributed by atoms with E-state index in [4.69, 9.17) is 11.6 Å². The Hall–Kier alpha value is -1.41. The van der Waals surface area contributed by atoms with Gasteiger partial charge in [-0.3, -0.25) is 0 Å². The lowest BCUT2D eigenvalue weighted by Gasteiger charge is -2.08. The average Bonchev–Trinajstić information content (AvgIpc) is 2.23. The van der Waals surface area contributed by atoms with Crippen molar-refractivity contribution in [2.24, 2.45) is 0 Å². The third-order valence-corrected chi connectivity index (χ3v) is 2.67. The van der Waals surface area contributed by atoms with Crippen LogP contribution in [0.1, 0.15) is 5.56 Å². The van der Waals surface area contributed by atoms with E-state index in [2.05, 4.69) is 0 Å². The molecule has 2 rings (SSSR count). The largest absolute Gasteiger partial charge is 0.206 e. The smallest absolute Gasteiger partial charge is 0.132 e. The van der Waals surface area contributed by atoms with Crippen LogP contribution in [0.15, 0.2) is 36.4 Å². The second-order valence-corrected chi connectivity index (χ2v) is 3.99. The number of aryl methyl sites for hydroxylation is 1. The van der Waals surface area contributed by atoms with Crippen LogP contribution in [0.3, 0.4) is 0 Å². The Morgan fingerprint density at radius 2 is 1.75 bits per heavy atom. The van der Waals surface area contributed by atoms with Crippen LogP contribution in [0.25, 0.3) is 11.1 Å². The van der Waals surface area contributed by atoms with Crippen LogP contribution < -0.4 is 0 Å². The molecule has 3 heteroatoms. The minimum atomic E-state index is -0.517. The van der Waals surface area contributed by atoms with Gasteiger partial charge in [-0.1, -0.05) is 29.3 Å². The Morgan fingerprint density at radius 1 is 1.00 bits per heavy atom. The van der Waals surface area contributed by atoms with E-state index in [1.165, 1.54) is 18.2 Å². The van der Waals surface area contributed by atoms with Crippen molar-refractivity contribution < 1.29 is 8.78 Å². The minimum absolute atomic E-state index is 0.116. The lowest BCUT2D eigenvalue weighted by molar-refractivity contribution is 0.616. The van der Waals surface area contributed by atoms with Crippen molar-refractivity contribution in [3.63, 3.8) is 0 Å². The van der Waals surface area contributed by atoms with E-state index in [1.807, 2.05) is 6.92 Å². The first kappa shape index (κ1) is 11.1. The molecule has 0 saturated carbocycles. The zero-order valence-electron chi connectivity index (χ0n) is 8.60. The molecule has 0 aliphatic rings. The van der Waals surface area contributed by atoms with Crippen molar-refractivity contribution in [3.05, 3.63) is 58.6 Å². The zero-order chi connectivity index (χ0) is 11.7. The molecule has 0 saturated heterocycles. The van der Waals surface area contributed by atoms with Crippen LogP contribution in [0.5, 0.6) is 0 Å². The predicted molar refractivity (Wildman–Crippen MR) is 61.5 cm³/mol. The van der Waals surface area contributed by atoms with Crippen molar-refractivity contribution in [1.29, 1.82) is 0 Å². The SMILES string of the molecule is Cc1ccc(F)c(-c2c(F)cccc2Cl)c1. The van der Waals surface area contributed by atoms with Gasteiger partial charge in [-0.05, 0) is 31.2 Å². The molecule has 0 nitrogen and oxygen atoms in total. The molecule has 0 amide bonds. The summed E-state index contributed by atoms with van der Waals surface area (Å²) in [5.74, 6) is -0.991. The number of hydrogen-bond donors (Lipinski definition) is 0. The quantitative estimate of drug-likeness (QED) is 0.682. The summed E-state index contributed by atoms with van der Waals surface area (Å²) in [5.41, 5.74) is 1.17. The molecule has 0 N–H and O–H groups in total. The normalized spacial score (nSPS) is 10.5. The molecule has 0 atom stereocenters. The molecule has 0 fully saturated rings. The number of rotatable bonds is 1. The summed E-state index contributed by atoms with van der Waals surface area (Å²) in [4.78, 5) is 0. The van der Waals surface area contributed by atoms with E-state index in [-0.39, 0.29) is 16.1 Å². The second kappa shape index (κ2) is 4.22. The molecule has 0 unspecified atom stereocenters. The Balaban J connectivity index is 2.72. The van der Waals surface area contributed by atoms with E-state index < -0.39 is 11.6 Å². The van der Waals surface area contributed by atoms with Crippen LogP contribution in [-0.2, 0) is 0 Å². The number of halogens is 3. The van der Waals surface area contributed by atoms with Gasteiger partial charge in [0.25, 0.3) is 0 Å². The maximum Gasteiger partial charge on any atom is 0.132 e. The van der Waals surface area contributed by atoms with Gasteiger partial charge in [-0.25, -0.2) is 8.78 Å². The lowest BCUT2D eigenvalue weighted by Crippen LogP contribution is -1.90. The fraction of sp³-hybridized carbons (Fsp3) is 0.0769. The molecule has 82 valence electrons. The van der Waals surface area contributed by atoms with E-state index >= 15 is 0 Å². The highest BCUT2D eigenvalue weighted by Crippen LogP contribution is 2.32. The predicted octanol–water partition coefficient (Wildman–Crippen LogP) is 4.59. The summed E-state index contributed by atoms with van der Waals surface area (Å²) in [5, 5.41) is 0.213. The Morgan fingerprint density at radius 3 is 2.44 bits per heavy atom. The van der Waals surface area contributed by atoms with E-state index in [0.717, 1.165) is 5.56 Å². The number of benzene rings is 2. The standard InChI is InChI=1S/C13H9ClF2/c1-8-5-6-11(15)9(7-8)13-10(14)3-2-4-12(13)16/h2-7H,1H3. The fourth-order valence-electron chi connectivity index (χ4n) is 1.59. The average molecular weight is 239 g/mol. The van der Waals surface area contributed by atoms with Crippen LogP contribution >= 0.6 is 11.6 Å². The van der Waals surface area contributed by atoms with Crippen LogP contribution in [0.4, 0.5) is 8.78 Å². The van der Waals surface area contributed by atoms with Crippen molar-refractivity contribution in [2.45, 2.75) is 6.92 Å². The molecule has 2 aromatic rings. The lowest BCUT2D eigenvalue weighted by atomic mass is 10.0. The van der Waals surface area contributed by atoms with Gasteiger partial charge in [-0.15, -0.1) is 0 Å². The van der Waals surface area contributed by atoms with Crippen molar-refractivity contribution >= 4 is 11.6 Å². The first-order valence-corrected chi connectivity index (χ1v) is 5.18. The summed E-state index contributed by atoms with van der Waals surface area (Å²) < 4.78 is 27.2. The van der Waals surface area contributed by atoms with E-state index in [9.17, 15) is 8.78 Å². The first-order valence-electron chi connectivity index (χ1n) is 4.80. The fourth-order valence-corrected chi connectivity index (χ4v) is 1.85. The topological polar surface area (TPSA) is 0 Å². The van der Waals surface area contributed by atoms with Crippen LogP contribution in [0.2, 0.25) is 5.02 Å². The highest BCUT2D eigenvalue weighted by Gasteiger charge is 2.13. The summed E-state index contributed by atoms with van der Waals surface area (Å²) in [6, 6.07) is 8.83. The van der Waals surface area contributed by atoms with Gasteiger partial charge in [0.05, 0.1) is 5.02 Å². The summed E-state index contributed by atoms with van der Waals surface area (Å²) in [6.45, 7) is 1.82. The molecule has 0 bridgehead atoms. The van der Waals surface area contributed by atoms with Crippen molar-refractivity contribution in [1.82, 2.24) is 0 Å². The van der Waals surface area contributed by atoms with E-state index in [1.54, 1.807) is 18.2 Å². The molecular formula is C13H9ClF2. The molecule has 0 spiro atoms.